The lowest BCUT2D eigenvalue weighted by Crippen LogP contribution is -2.14. The van der Waals surface area contributed by atoms with Crippen molar-refractivity contribution in [2.24, 2.45) is 7.05 Å². The minimum absolute atomic E-state index is 0.0130. The lowest BCUT2D eigenvalue weighted by Gasteiger charge is -2.00. The average Bonchev–Trinajstić information content (AvgIpc) is 1.95. The zero-order valence-corrected chi connectivity index (χ0v) is 6.09. The molecule has 1 rings (SSSR count). The van der Waals surface area contributed by atoms with Crippen LogP contribution in [-0.4, -0.2) is 11.6 Å². The minimum Gasteiger partial charge on any atom is -0.387 e. The summed E-state index contributed by atoms with van der Waals surface area (Å²) in [5, 5.41) is 2.94. The van der Waals surface area contributed by atoms with Gasteiger partial charge in [-0.25, -0.2) is 0 Å². The summed E-state index contributed by atoms with van der Waals surface area (Å²) in [6.07, 6.45) is 1.75. The zero-order valence-electron chi connectivity index (χ0n) is 6.09. The van der Waals surface area contributed by atoms with Crippen LogP contribution in [0.3, 0.4) is 0 Å². The highest BCUT2D eigenvalue weighted by molar-refractivity contribution is 5.38. The van der Waals surface area contributed by atoms with Crippen molar-refractivity contribution in [2.75, 3.05) is 12.4 Å². The highest BCUT2D eigenvalue weighted by atomic mass is 16.1. The van der Waals surface area contributed by atoms with Crippen molar-refractivity contribution < 1.29 is 0 Å². The van der Waals surface area contributed by atoms with Gasteiger partial charge in [0.25, 0.3) is 0 Å². The Balaban J connectivity index is 3.17. The number of hydrogen-bond acceptors (Lipinski definition) is 2. The first kappa shape index (κ1) is 6.86. The molecule has 1 N–H and O–H groups in total. The van der Waals surface area contributed by atoms with Gasteiger partial charge in [0.15, 0.2) is 0 Å². The SMILES string of the molecule is CNc1ccc(=O)n(C)c1. The summed E-state index contributed by atoms with van der Waals surface area (Å²) >= 11 is 0. The van der Waals surface area contributed by atoms with E-state index < -0.39 is 0 Å². The molecular formula is C7H10N2O. The van der Waals surface area contributed by atoms with E-state index in [0.29, 0.717) is 0 Å². The first-order chi connectivity index (χ1) is 4.74. The van der Waals surface area contributed by atoms with E-state index in [1.54, 1.807) is 19.3 Å². The fourth-order valence-electron chi connectivity index (χ4n) is 0.742. The number of nitrogens with one attached hydrogen (secondary N) is 1. The van der Waals surface area contributed by atoms with Crippen LogP contribution in [0.15, 0.2) is 23.1 Å². The predicted octanol–water partition coefficient (Wildman–Crippen LogP) is 0.427. The summed E-state index contributed by atoms with van der Waals surface area (Å²) in [6, 6.07) is 3.29. The summed E-state index contributed by atoms with van der Waals surface area (Å²) in [7, 11) is 3.54. The molecule has 3 heteroatoms. The van der Waals surface area contributed by atoms with Gasteiger partial charge in [0, 0.05) is 26.4 Å². The number of hydrogen-bond donors (Lipinski definition) is 1. The van der Waals surface area contributed by atoms with E-state index in [4.69, 9.17) is 0 Å². The van der Waals surface area contributed by atoms with Crippen molar-refractivity contribution in [3.63, 3.8) is 0 Å². The van der Waals surface area contributed by atoms with Crippen molar-refractivity contribution in [3.05, 3.63) is 28.7 Å². The Kier molecular flexibility index (Phi) is 1.76. The molecule has 0 unspecified atom stereocenters. The number of rotatable bonds is 1. The van der Waals surface area contributed by atoms with Crippen molar-refractivity contribution in [3.8, 4) is 0 Å². The van der Waals surface area contributed by atoms with Crippen LogP contribution in [0.1, 0.15) is 0 Å². The highest BCUT2D eigenvalue weighted by Crippen LogP contribution is 1.98. The number of nitrogens with zero attached hydrogens (tertiary/aromatic N) is 1. The van der Waals surface area contributed by atoms with Crippen molar-refractivity contribution in [1.82, 2.24) is 4.57 Å². The van der Waals surface area contributed by atoms with Gasteiger partial charge in [-0.2, -0.15) is 0 Å². The Morgan fingerprint density at radius 1 is 1.50 bits per heavy atom. The maximum Gasteiger partial charge on any atom is 0.250 e. The molecule has 10 heavy (non-hydrogen) atoms. The molecule has 0 atom stereocenters. The summed E-state index contributed by atoms with van der Waals surface area (Å²) in [4.78, 5) is 10.8. The molecule has 0 aromatic carbocycles. The van der Waals surface area contributed by atoms with Gasteiger partial charge >= 0.3 is 0 Å². The number of aromatic nitrogens is 1. The van der Waals surface area contributed by atoms with Gasteiger partial charge < -0.3 is 9.88 Å². The quantitative estimate of drug-likeness (QED) is 0.610. The van der Waals surface area contributed by atoms with Crippen LogP contribution in [0.4, 0.5) is 5.69 Å². The molecule has 0 fully saturated rings. The fourth-order valence-corrected chi connectivity index (χ4v) is 0.742. The molecule has 1 aromatic heterocycles. The van der Waals surface area contributed by atoms with E-state index in [0.717, 1.165) is 5.69 Å². The van der Waals surface area contributed by atoms with E-state index in [-0.39, 0.29) is 5.56 Å². The Hall–Kier alpha value is -1.25. The zero-order chi connectivity index (χ0) is 7.56. The average molecular weight is 138 g/mol. The van der Waals surface area contributed by atoms with E-state index in [1.807, 2.05) is 7.05 Å². The molecule has 1 heterocycles. The molecule has 0 amide bonds. The van der Waals surface area contributed by atoms with Crippen LogP contribution in [0, 0.1) is 0 Å². The van der Waals surface area contributed by atoms with Gasteiger partial charge in [-0.1, -0.05) is 0 Å². The highest BCUT2D eigenvalue weighted by Gasteiger charge is 1.89. The van der Waals surface area contributed by atoms with Crippen LogP contribution in [-0.2, 0) is 7.05 Å². The second kappa shape index (κ2) is 2.56. The van der Waals surface area contributed by atoms with Crippen LogP contribution < -0.4 is 10.9 Å². The van der Waals surface area contributed by atoms with E-state index in [1.165, 1.54) is 10.6 Å². The first-order valence-corrected chi connectivity index (χ1v) is 3.08. The first-order valence-electron chi connectivity index (χ1n) is 3.08. The Morgan fingerprint density at radius 3 is 2.70 bits per heavy atom. The Labute approximate surface area is 59.3 Å². The molecule has 0 saturated heterocycles. The lowest BCUT2D eigenvalue weighted by molar-refractivity contribution is 0.862. The predicted molar refractivity (Wildman–Crippen MR) is 41.2 cm³/mol. The van der Waals surface area contributed by atoms with E-state index in [2.05, 4.69) is 5.32 Å². The van der Waals surface area contributed by atoms with Gasteiger partial charge in [-0.15, -0.1) is 0 Å². The molecule has 0 bridgehead atoms. The largest absolute Gasteiger partial charge is 0.387 e. The maximum absolute atomic E-state index is 10.8. The lowest BCUT2D eigenvalue weighted by atomic mass is 10.4. The second-order valence-electron chi connectivity index (χ2n) is 2.12. The fraction of sp³-hybridized carbons (Fsp3) is 0.286. The minimum atomic E-state index is 0.0130. The van der Waals surface area contributed by atoms with Crippen LogP contribution in [0.2, 0.25) is 0 Å². The molecule has 0 spiro atoms. The van der Waals surface area contributed by atoms with Crippen molar-refractivity contribution in [1.29, 1.82) is 0 Å². The van der Waals surface area contributed by atoms with Gasteiger partial charge in [-0.3, -0.25) is 4.79 Å². The third-order valence-electron chi connectivity index (χ3n) is 1.37. The molecule has 0 aliphatic carbocycles. The monoisotopic (exact) mass is 138 g/mol. The second-order valence-corrected chi connectivity index (χ2v) is 2.12. The molecule has 0 aliphatic heterocycles. The normalized spacial score (nSPS) is 9.40. The number of aryl methyl sites for hydroxylation is 1. The molecule has 1 aromatic rings. The van der Waals surface area contributed by atoms with Crippen LogP contribution >= 0.6 is 0 Å². The third kappa shape index (κ3) is 1.18. The standard InChI is InChI=1S/C7H10N2O/c1-8-6-3-4-7(10)9(2)5-6/h3-5,8H,1-2H3. The molecule has 0 saturated carbocycles. The van der Waals surface area contributed by atoms with Crippen LogP contribution in [0.25, 0.3) is 0 Å². The molecule has 0 radical (unpaired) electrons. The van der Waals surface area contributed by atoms with Gasteiger partial charge in [0.2, 0.25) is 5.56 Å². The number of pyridine rings is 1. The smallest absolute Gasteiger partial charge is 0.250 e. The summed E-state index contributed by atoms with van der Waals surface area (Å²) in [6.45, 7) is 0. The van der Waals surface area contributed by atoms with Crippen molar-refractivity contribution in [2.45, 2.75) is 0 Å². The molecular weight excluding hydrogens is 128 g/mol. The van der Waals surface area contributed by atoms with Crippen LogP contribution in [0.5, 0.6) is 0 Å². The molecule has 54 valence electrons. The number of anilines is 1. The maximum atomic E-state index is 10.8. The van der Waals surface area contributed by atoms with E-state index in [9.17, 15) is 4.79 Å². The van der Waals surface area contributed by atoms with Gasteiger partial charge in [-0.05, 0) is 6.07 Å². The van der Waals surface area contributed by atoms with Gasteiger partial charge in [0.1, 0.15) is 0 Å². The molecule has 0 aliphatic rings. The van der Waals surface area contributed by atoms with E-state index >= 15 is 0 Å². The third-order valence-corrected chi connectivity index (χ3v) is 1.37. The Morgan fingerprint density at radius 2 is 2.20 bits per heavy atom. The summed E-state index contributed by atoms with van der Waals surface area (Å²) in [5.74, 6) is 0. The summed E-state index contributed by atoms with van der Waals surface area (Å²) < 4.78 is 1.53. The van der Waals surface area contributed by atoms with Gasteiger partial charge in [0.05, 0.1) is 5.69 Å². The Bertz CT molecular complexity index is 277. The van der Waals surface area contributed by atoms with Crippen molar-refractivity contribution >= 4 is 5.69 Å². The topological polar surface area (TPSA) is 34.0 Å². The summed E-state index contributed by atoms with van der Waals surface area (Å²) in [5.41, 5.74) is 0.959. The molecule has 3 nitrogen and oxygen atoms in total.